The topological polar surface area (TPSA) is 26.3 Å². The highest BCUT2D eigenvalue weighted by Crippen LogP contribution is 2.43. The van der Waals surface area contributed by atoms with Crippen LogP contribution in [0, 0.1) is 0 Å². The van der Waals surface area contributed by atoms with Crippen LogP contribution in [0.15, 0.2) is 10.5 Å². The molecule has 2 nitrogen and oxygen atoms in total. The van der Waals surface area contributed by atoms with Crippen molar-refractivity contribution in [3.8, 4) is 5.75 Å². The normalized spacial score (nSPS) is 22.0. The summed E-state index contributed by atoms with van der Waals surface area (Å²) in [4.78, 5) is 12.4. The maximum Gasteiger partial charge on any atom is 0.177 e. The molecule has 90 valence electrons. The second-order valence-electron chi connectivity index (χ2n) is 4.37. The lowest BCUT2D eigenvalue weighted by molar-refractivity contribution is 0.0984. The first-order valence-electron chi connectivity index (χ1n) is 5.85. The first-order valence-corrected chi connectivity index (χ1v) is 7.69. The van der Waals surface area contributed by atoms with Crippen LogP contribution < -0.4 is 4.74 Å². The molecule has 0 aliphatic carbocycles. The summed E-state index contributed by atoms with van der Waals surface area (Å²) in [7, 11) is 0. The van der Waals surface area contributed by atoms with Crippen LogP contribution in [0.1, 0.15) is 34.8 Å². The Morgan fingerprint density at radius 1 is 1.59 bits per heavy atom. The van der Waals surface area contributed by atoms with Crippen molar-refractivity contribution in [1.82, 2.24) is 0 Å². The molecule has 1 aromatic rings. The number of carbonyl (C=O) groups is 1. The SMILES string of the molecule is CCC1SCc2c3c(cc(Br)c2C1=O)CCO3. The van der Waals surface area contributed by atoms with Crippen molar-refractivity contribution < 1.29 is 9.53 Å². The highest BCUT2D eigenvalue weighted by atomic mass is 79.9. The van der Waals surface area contributed by atoms with Crippen LogP contribution in [0.5, 0.6) is 5.75 Å². The molecule has 0 saturated heterocycles. The van der Waals surface area contributed by atoms with Crippen molar-refractivity contribution >= 4 is 33.5 Å². The fraction of sp³-hybridized carbons (Fsp3) is 0.462. The Balaban J connectivity index is 2.17. The summed E-state index contributed by atoms with van der Waals surface area (Å²) in [6.07, 6.45) is 1.85. The number of carbonyl (C=O) groups excluding carboxylic acids is 1. The highest BCUT2D eigenvalue weighted by molar-refractivity contribution is 9.10. The van der Waals surface area contributed by atoms with E-state index in [4.69, 9.17) is 4.74 Å². The molecule has 2 aliphatic rings. The van der Waals surface area contributed by atoms with Gasteiger partial charge in [-0.3, -0.25) is 4.79 Å². The van der Waals surface area contributed by atoms with E-state index in [9.17, 15) is 4.79 Å². The molecule has 0 amide bonds. The van der Waals surface area contributed by atoms with Gasteiger partial charge in [0.15, 0.2) is 5.78 Å². The summed E-state index contributed by atoms with van der Waals surface area (Å²) in [5.41, 5.74) is 3.20. The molecule has 0 spiro atoms. The van der Waals surface area contributed by atoms with Gasteiger partial charge in [-0.25, -0.2) is 0 Å². The van der Waals surface area contributed by atoms with Gasteiger partial charge < -0.3 is 4.74 Å². The molecular formula is C13H13BrO2S. The van der Waals surface area contributed by atoms with Crippen LogP contribution in [-0.2, 0) is 12.2 Å². The lowest BCUT2D eigenvalue weighted by Crippen LogP contribution is -2.23. The van der Waals surface area contributed by atoms with Gasteiger partial charge in [-0.1, -0.05) is 22.9 Å². The predicted octanol–water partition coefficient (Wildman–Crippen LogP) is 3.59. The van der Waals surface area contributed by atoms with E-state index in [1.54, 1.807) is 11.8 Å². The van der Waals surface area contributed by atoms with Crippen molar-refractivity contribution in [3.63, 3.8) is 0 Å². The fourth-order valence-electron chi connectivity index (χ4n) is 2.50. The second kappa shape index (κ2) is 4.32. The van der Waals surface area contributed by atoms with Gasteiger partial charge in [0.25, 0.3) is 0 Å². The quantitative estimate of drug-likeness (QED) is 0.792. The summed E-state index contributed by atoms with van der Waals surface area (Å²) in [6.45, 7) is 2.81. The van der Waals surface area contributed by atoms with Gasteiger partial charge >= 0.3 is 0 Å². The van der Waals surface area contributed by atoms with Crippen LogP contribution in [0.25, 0.3) is 0 Å². The Morgan fingerprint density at radius 2 is 2.41 bits per heavy atom. The largest absolute Gasteiger partial charge is 0.493 e. The van der Waals surface area contributed by atoms with Crippen LogP contribution in [0.2, 0.25) is 0 Å². The van der Waals surface area contributed by atoms with Gasteiger partial charge in [-0.2, -0.15) is 0 Å². The maximum atomic E-state index is 12.4. The maximum absolute atomic E-state index is 12.4. The molecule has 1 atom stereocenters. The van der Waals surface area contributed by atoms with Crippen molar-refractivity contribution in [3.05, 3.63) is 27.2 Å². The minimum Gasteiger partial charge on any atom is -0.493 e. The summed E-state index contributed by atoms with van der Waals surface area (Å²) >= 11 is 5.29. The summed E-state index contributed by atoms with van der Waals surface area (Å²) in [6, 6.07) is 2.06. The van der Waals surface area contributed by atoms with Crippen LogP contribution >= 0.6 is 27.7 Å². The molecule has 0 aromatic heterocycles. The monoisotopic (exact) mass is 312 g/mol. The Bertz CT molecular complexity index is 499. The van der Waals surface area contributed by atoms with Gasteiger partial charge in [-0.05, 0) is 18.1 Å². The van der Waals surface area contributed by atoms with E-state index in [2.05, 4.69) is 28.9 Å². The molecule has 2 heterocycles. The number of fused-ring (bicyclic) bond motifs is 3. The van der Waals surface area contributed by atoms with Crippen LogP contribution in [-0.4, -0.2) is 17.6 Å². The smallest absolute Gasteiger partial charge is 0.177 e. The summed E-state index contributed by atoms with van der Waals surface area (Å²) < 4.78 is 6.63. The molecule has 2 aliphatic heterocycles. The molecule has 0 fully saturated rings. The van der Waals surface area contributed by atoms with Crippen molar-refractivity contribution in [2.24, 2.45) is 0 Å². The third-order valence-corrected chi connectivity index (χ3v) is 5.39. The van der Waals surface area contributed by atoms with Gasteiger partial charge in [0.05, 0.1) is 11.9 Å². The molecule has 4 heteroatoms. The zero-order valence-corrected chi connectivity index (χ0v) is 12.0. The van der Waals surface area contributed by atoms with Crippen LogP contribution in [0.4, 0.5) is 0 Å². The van der Waals surface area contributed by atoms with E-state index in [1.807, 2.05) is 0 Å². The lowest BCUT2D eigenvalue weighted by atomic mass is 9.97. The molecule has 0 saturated carbocycles. The Morgan fingerprint density at radius 3 is 3.18 bits per heavy atom. The summed E-state index contributed by atoms with van der Waals surface area (Å²) in [5.74, 6) is 2.11. The third kappa shape index (κ3) is 1.73. The molecule has 0 radical (unpaired) electrons. The molecule has 1 unspecified atom stereocenters. The number of Topliss-reactive ketones (excluding diaryl/α,β-unsaturated/α-hetero) is 1. The van der Waals surface area contributed by atoms with Gasteiger partial charge in [0.2, 0.25) is 0 Å². The molecule has 1 aromatic carbocycles. The lowest BCUT2D eigenvalue weighted by Gasteiger charge is -2.24. The number of halogens is 1. The Kier molecular flexibility index (Phi) is 2.95. The number of thioether (sulfide) groups is 1. The fourth-order valence-corrected chi connectivity index (χ4v) is 4.36. The zero-order chi connectivity index (χ0) is 12.0. The van der Waals surface area contributed by atoms with Crippen molar-refractivity contribution in [2.45, 2.75) is 30.8 Å². The molecule has 0 N–H and O–H groups in total. The minimum atomic E-state index is 0.109. The van der Waals surface area contributed by atoms with E-state index < -0.39 is 0 Å². The highest BCUT2D eigenvalue weighted by Gasteiger charge is 2.33. The van der Waals surface area contributed by atoms with Gasteiger partial charge in [0.1, 0.15) is 5.75 Å². The number of hydrogen-bond acceptors (Lipinski definition) is 3. The predicted molar refractivity (Wildman–Crippen MR) is 73.0 cm³/mol. The zero-order valence-electron chi connectivity index (χ0n) is 9.59. The number of benzene rings is 1. The van der Waals surface area contributed by atoms with Crippen molar-refractivity contribution in [1.29, 1.82) is 0 Å². The number of ketones is 1. The van der Waals surface area contributed by atoms with E-state index in [-0.39, 0.29) is 11.0 Å². The third-order valence-electron chi connectivity index (χ3n) is 3.36. The Labute approximate surface area is 113 Å². The average molecular weight is 313 g/mol. The molecule has 3 rings (SSSR count). The summed E-state index contributed by atoms with van der Waals surface area (Å²) in [5, 5.41) is 0.109. The Hall–Kier alpha value is -0.480. The average Bonchev–Trinajstić information content (AvgIpc) is 2.77. The molecule has 17 heavy (non-hydrogen) atoms. The first kappa shape index (κ1) is 11.6. The minimum absolute atomic E-state index is 0.109. The van der Waals surface area contributed by atoms with Crippen LogP contribution in [0.3, 0.4) is 0 Å². The van der Waals surface area contributed by atoms with Gasteiger partial charge in [-0.15, -0.1) is 11.8 Å². The van der Waals surface area contributed by atoms with E-state index in [0.29, 0.717) is 0 Å². The first-order chi connectivity index (χ1) is 8.22. The van der Waals surface area contributed by atoms with E-state index >= 15 is 0 Å². The molecule has 0 bridgehead atoms. The van der Waals surface area contributed by atoms with Gasteiger partial charge in [0, 0.05) is 27.8 Å². The number of ether oxygens (including phenoxy) is 1. The van der Waals surface area contributed by atoms with Crippen molar-refractivity contribution in [2.75, 3.05) is 6.61 Å². The van der Waals surface area contributed by atoms with E-state index in [0.717, 1.165) is 46.6 Å². The number of rotatable bonds is 1. The van der Waals surface area contributed by atoms with E-state index in [1.165, 1.54) is 5.56 Å². The number of hydrogen-bond donors (Lipinski definition) is 0. The second-order valence-corrected chi connectivity index (χ2v) is 6.42. The molecular weight excluding hydrogens is 300 g/mol. The standard InChI is InChI=1S/C13H13BrO2S/c1-2-10-12(15)11-8(6-17-10)13-7(3-4-16-13)5-9(11)14/h5,10H,2-4,6H2,1H3.